The van der Waals surface area contributed by atoms with E-state index in [0.29, 0.717) is 11.2 Å². The summed E-state index contributed by atoms with van der Waals surface area (Å²) in [5.41, 5.74) is 0. The summed E-state index contributed by atoms with van der Waals surface area (Å²) in [6.07, 6.45) is 4.89. The Bertz CT molecular complexity index is 278. The summed E-state index contributed by atoms with van der Waals surface area (Å²) in [5, 5.41) is 3.82. The standard InChI is InChI=1S/C10H16ClN3/c1-3-5-8(4-2)14-10-6-9(11)12-7-13-10/h6-8H,3-5H2,1-2H3,(H,12,13,14). The lowest BCUT2D eigenvalue weighted by Gasteiger charge is -2.16. The predicted octanol–water partition coefficient (Wildman–Crippen LogP) is 3.12. The van der Waals surface area contributed by atoms with Crippen molar-refractivity contribution in [1.29, 1.82) is 0 Å². The highest BCUT2D eigenvalue weighted by atomic mass is 35.5. The molecule has 0 amide bonds. The molecule has 4 heteroatoms. The first-order valence-electron chi connectivity index (χ1n) is 5.00. The van der Waals surface area contributed by atoms with Crippen molar-refractivity contribution in [1.82, 2.24) is 9.97 Å². The van der Waals surface area contributed by atoms with Crippen molar-refractivity contribution in [3.05, 3.63) is 17.5 Å². The lowest BCUT2D eigenvalue weighted by Crippen LogP contribution is -2.18. The average molecular weight is 214 g/mol. The average Bonchev–Trinajstić information content (AvgIpc) is 2.17. The maximum atomic E-state index is 5.76. The topological polar surface area (TPSA) is 37.8 Å². The fraction of sp³-hybridized carbons (Fsp3) is 0.600. The summed E-state index contributed by atoms with van der Waals surface area (Å²) in [6.45, 7) is 4.34. The summed E-state index contributed by atoms with van der Waals surface area (Å²) in [5.74, 6) is 0.810. The molecule has 3 nitrogen and oxygen atoms in total. The van der Waals surface area contributed by atoms with Crippen LogP contribution in [0.3, 0.4) is 0 Å². The van der Waals surface area contributed by atoms with Gasteiger partial charge in [0.2, 0.25) is 0 Å². The van der Waals surface area contributed by atoms with Crippen molar-refractivity contribution in [2.24, 2.45) is 0 Å². The maximum Gasteiger partial charge on any atom is 0.134 e. The van der Waals surface area contributed by atoms with Crippen LogP contribution in [-0.4, -0.2) is 16.0 Å². The first-order chi connectivity index (χ1) is 6.76. The van der Waals surface area contributed by atoms with E-state index in [1.54, 1.807) is 6.07 Å². The van der Waals surface area contributed by atoms with E-state index in [9.17, 15) is 0 Å². The zero-order chi connectivity index (χ0) is 10.4. The number of hydrogen-bond donors (Lipinski definition) is 1. The Morgan fingerprint density at radius 1 is 1.43 bits per heavy atom. The molecular weight excluding hydrogens is 198 g/mol. The highest BCUT2D eigenvalue weighted by molar-refractivity contribution is 6.29. The van der Waals surface area contributed by atoms with E-state index in [4.69, 9.17) is 11.6 Å². The van der Waals surface area contributed by atoms with E-state index in [2.05, 4.69) is 29.1 Å². The third kappa shape index (κ3) is 3.50. The molecule has 1 heterocycles. The van der Waals surface area contributed by atoms with Gasteiger partial charge in [0.25, 0.3) is 0 Å². The van der Waals surface area contributed by atoms with Crippen LogP contribution in [0.25, 0.3) is 0 Å². The summed E-state index contributed by atoms with van der Waals surface area (Å²) in [7, 11) is 0. The van der Waals surface area contributed by atoms with Gasteiger partial charge in [-0.25, -0.2) is 9.97 Å². The summed E-state index contributed by atoms with van der Waals surface area (Å²) in [4.78, 5) is 7.94. The van der Waals surface area contributed by atoms with Gasteiger partial charge in [-0.2, -0.15) is 0 Å². The van der Waals surface area contributed by atoms with E-state index in [-0.39, 0.29) is 0 Å². The smallest absolute Gasteiger partial charge is 0.134 e. The van der Waals surface area contributed by atoms with Gasteiger partial charge in [0.05, 0.1) is 0 Å². The second-order valence-corrected chi connectivity index (χ2v) is 3.65. The number of nitrogens with zero attached hydrogens (tertiary/aromatic N) is 2. The van der Waals surface area contributed by atoms with E-state index in [1.165, 1.54) is 12.7 Å². The normalized spacial score (nSPS) is 12.5. The lowest BCUT2D eigenvalue weighted by molar-refractivity contribution is 0.620. The Balaban J connectivity index is 2.57. The fourth-order valence-corrected chi connectivity index (χ4v) is 1.50. The van der Waals surface area contributed by atoms with Gasteiger partial charge in [-0.15, -0.1) is 0 Å². The molecule has 1 N–H and O–H groups in total. The Labute approximate surface area is 89.9 Å². The van der Waals surface area contributed by atoms with Crippen LogP contribution >= 0.6 is 11.6 Å². The molecule has 1 aromatic rings. The SMILES string of the molecule is CCCC(CC)Nc1cc(Cl)ncn1. The van der Waals surface area contributed by atoms with E-state index < -0.39 is 0 Å². The van der Waals surface area contributed by atoms with E-state index in [1.807, 2.05) is 0 Å². The van der Waals surface area contributed by atoms with Crippen molar-refractivity contribution < 1.29 is 0 Å². The van der Waals surface area contributed by atoms with Crippen molar-refractivity contribution in [2.45, 2.75) is 39.2 Å². The Morgan fingerprint density at radius 3 is 2.79 bits per heavy atom. The molecule has 78 valence electrons. The first-order valence-corrected chi connectivity index (χ1v) is 5.38. The molecule has 0 fully saturated rings. The molecule has 1 atom stereocenters. The number of hydrogen-bond acceptors (Lipinski definition) is 3. The van der Waals surface area contributed by atoms with Crippen LogP contribution in [0.15, 0.2) is 12.4 Å². The Kier molecular flexibility index (Phi) is 4.66. The fourth-order valence-electron chi connectivity index (χ4n) is 1.35. The maximum absolute atomic E-state index is 5.76. The molecule has 0 spiro atoms. The Morgan fingerprint density at radius 2 is 2.21 bits per heavy atom. The number of halogens is 1. The molecule has 1 aromatic heterocycles. The molecular formula is C10H16ClN3. The van der Waals surface area contributed by atoms with Crippen molar-refractivity contribution in [3.8, 4) is 0 Å². The van der Waals surface area contributed by atoms with Gasteiger partial charge >= 0.3 is 0 Å². The molecule has 0 radical (unpaired) electrons. The predicted molar refractivity (Wildman–Crippen MR) is 59.7 cm³/mol. The van der Waals surface area contributed by atoms with Crippen LogP contribution in [-0.2, 0) is 0 Å². The summed E-state index contributed by atoms with van der Waals surface area (Å²) < 4.78 is 0. The second-order valence-electron chi connectivity index (χ2n) is 3.26. The van der Waals surface area contributed by atoms with Crippen LogP contribution in [0, 0.1) is 0 Å². The largest absolute Gasteiger partial charge is 0.367 e. The van der Waals surface area contributed by atoms with Crippen molar-refractivity contribution in [2.75, 3.05) is 5.32 Å². The molecule has 0 bridgehead atoms. The van der Waals surface area contributed by atoms with E-state index in [0.717, 1.165) is 18.7 Å². The van der Waals surface area contributed by atoms with Gasteiger partial charge in [-0.3, -0.25) is 0 Å². The first kappa shape index (κ1) is 11.2. The van der Waals surface area contributed by atoms with E-state index >= 15 is 0 Å². The zero-order valence-corrected chi connectivity index (χ0v) is 9.38. The van der Waals surface area contributed by atoms with Crippen LogP contribution in [0.1, 0.15) is 33.1 Å². The van der Waals surface area contributed by atoms with Gasteiger partial charge in [-0.1, -0.05) is 31.9 Å². The van der Waals surface area contributed by atoms with Gasteiger partial charge in [-0.05, 0) is 12.8 Å². The second kappa shape index (κ2) is 5.81. The molecule has 0 aliphatic carbocycles. The van der Waals surface area contributed by atoms with Crippen molar-refractivity contribution >= 4 is 17.4 Å². The van der Waals surface area contributed by atoms with Crippen molar-refractivity contribution in [3.63, 3.8) is 0 Å². The molecule has 14 heavy (non-hydrogen) atoms. The Hall–Kier alpha value is -0.830. The van der Waals surface area contributed by atoms with Gasteiger partial charge in [0.1, 0.15) is 17.3 Å². The third-order valence-electron chi connectivity index (χ3n) is 2.12. The molecule has 0 aromatic carbocycles. The molecule has 0 saturated heterocycles. The monoisotopic (exact) mass is 213 g/mol. The minimum Gasteiger partial charge on any atom is -0.367 e. The van der Waals surface area contributed by atoms with Crippen LogP contribution in [0.5, 0.6) is 0 Å². The van der Waals surface area contributed by atoms with Crippen LogP contribution in [0.2, 0.25) is 5.15 Å². The van der Waals surface area contributed by atoms with Gasteiger partial charge in [0, 0.05) is 12.1 Å². The van der Waals surface area contributed by atoms with Crippen LogP contribution < -0.4 is 5.32 Å². The zero-order valence-electron chi connectivity index (χ0n) is 8.63. The minimum absolute atomic E-state index is 0.478. The molecule has 0 saturated carbocycles. The number of aromatic nitrogens is 2. The highest BCUT2D eigenvalue weighted by Crippen LogP contribution is 2.12. The summed E-state index contributed by atoms with van der Waals surface area (Å²) in [6, 6.07) is 2.23. The van der Waals surface area contributed by atoms with Gasteiger partial charge < -0.3 is 5.32 Å². The van der Waals surface area contributed by atoms with Crippen LogP contribution in [0.4, 0.5) is 5.82 Å². The lowest BCUT2D eigenvalue weighted by atomic mass is 10.1. The van der Waals surface area contributed by atoms with Gasteiger partial charge in [0.15, 0.2) is 0 Å². The summed E-state index contributed by atoms with van der Waals surface area (Å²) >= 11 is 5.76. The highest BCUT2D eigenvalue weighted by Gasteiger charge is 2.05. The minimum atomic E-state index is 0.478. The number of anilines is 1. The molecule has 1 unspecified atom stereocenters. The quantitative estimate of drug-likeness (QED) is 0.764. The molecule has 0 aliphatic rings. The third-order valence-corrected chi connectivity index (χ3v) is 2.32. The number of rotatable bonds is 5. The number of nitrogens with one attached hydrogen (secondary N) is 1. The molecule has 1 rings (SSSR count). The molecule has 0 aliphatic heterocycles.